The molecule has 0 aromatic carbocycles. The molecule has 3 aliphatic rings. The van der Waals surface area contributed by atoms with Crippen LogP contribution >= 0.6 is 15.9 Å². The molecule has 0 saturated heterocycles. The molecule has 1 aromatic rings. The van der Waals surface area contributed by atoms with Gasteiger partial charge in [0.2, 0.25) is 0 Å². The van der Waals surface area contributed by atoms with E-state index in [9.17, 15) is 4.79 Å². The van der Waals surface area contributed by atoms with E-state index in [2.05, 4.69) is 28.0 Å². The van der Waals surface area contributed by atoms with Gasteiger partial charge in [-0.1, -0.05) is 6.92 Å². The van der Waals surface area contributed by atoms with Gasteiger partial charge in [-0.05, 0) is 65.3 Å². The highest BCUT2D eigenvalue weighted by Gasteiger charge is 2.67. The van der Waals surface area contributed by atoms with Crippen molar-refractivity contribution in [3.8, 4) is 0 Å². The average Bonchev–Trinajstić information content (AvgIpc) is 2.71. The third-order valence-corrected chi connectivity index (χ3v) is 6.08. The van der Waals surface area contributed by atoms with Crippen molar-refractivity contribution in [1.29, 1.82) is 0 Å². The number of nitrogens with zero attached hydrogens (tertiary/aromatic N) is 2. The minimum Gasteiger partial charge on any atom is -0.292 e. The first-order chi connectivity index (χ1) is 9.22. The number of fused-ring (bicyclic) bond motifs is 5. The molecule has 3 nitrogen and oxygen atoms in total. The fourth-order valence-corrected chi connectivity index (χ4v) is 5.31. The van der Waals surface area contributed by atoms with Crippen LogP contribution in [0, 0.1) is 29.6 Å². The van der Waals surface area contributed by atoms with Crippen LogP contribution in [0.3, 0.4) is 0 Å². The smallest absolute Gasteiger partial charge is 0.185 e. The van der Waals surface area contributed by atoms with E-state index in [1.165, 1.54) is 19.3 Å². The molecule has 19 heavy (non-hydrogen) atoms. The quantitative estimate of drug-likeness (QED) is 0.795. The van der Waals surface area contributed by atoms with Crippen LogP contribution in [0.4, 0.5) is 0 Å². The Labute approximate surface area is 121 Å². The number of aromatic nitrogens is 2. The minimum absolute atomic E-state index is 0.315. The molecular formula is C15H19BrN2O. The van der Waals surface area contributed by atoms with Gasteiger partial charge in [0.25, 0.3) is 0 Å². The Bertz CT molecular complexity index is 522. The summed E-state index contributed by atoms with van der Waals surface area (Å²) in [5, 5.41) is 4.33. The fourth-order valence-electron chi connectivity index (χ4n) is 4.82. The van der Waals surface area contributed by atoms with Gasteiger partial charge in [-0.2, -0.15) is 5.10 Å². The molecule has 0 radical (unpaired) electrons. The van der Waals surface area contributed by atoms with Gasteiger partial charge >= 0.3 is 0 Å². The summed E-state index contributed by atoms with van der Waals surface area (Å²) in [5.41, 5.74) is 0.820. The summed E-state index contributed by atoms with van der Waals surface area (Å²) in [4.78, 5) is 12.8. The SMILES string of the molecule is CCCn1ncc(Br)c1C(=O)C1C2C3CCC(C3)C12. The highest BCUT2D eigenvalue weighted by Crippen LogP contribution is 2.70. The van der Waals surface area contributed by atoms with Crippen molar-refractivity contribution < 1.29 is 4.79 Å². The van der Waals surface area contributed by atoms with E-state index in [1.54, 1.807) is 6.20 Å². The van der Waals surface area contributed by atoms with Crippen LogP contribution in [0.5, 0.6) is 0 Å². The number of Topliss-reactive ketones (excluding diaryl/α,β-unsaturated/α-hetero) is 1. The monoisotopic (exact) mass is 322 g/mol. The number of hydrogen-bond acceptors (Lipinski definition) is 2. The number of hydrogen-bond donors (Lipinski definition) is 0. The van der Waals surface area contributed by atoms with Gasteiger partial charge in [0, 0.05) is 12.5 Å². The second-order valence-electron chi connectivity index (χ2n) is 6.44. The molecule has 4 unspecified atom stereocenters. The van der Waals surface area contributed by atoms with Gasteiger partial charge in [0.15, 0.2) is 5.78 Å². The molecule has 102 valence electrons. The fraction of sp³-hybridized carbons (Fsp3) is 0.733. The number of rotatable bonds is 4. The van der Waals surface area contributed by atoms with E-state index in [-0.39, 0.29) is 0 Å². The lowest BCUT2D eigenvalue weighted by molar-refractivity contribution is 0.0932. The Balaban J connectivity index is 1.61. The molecule has 0 aliphatic heterocycles. The number of aryl methyl sites for hydroxylation is 1. The van der Waals surface area contributed by atoms with Gasteiger partial charge in [-0.25, -0.2) is 0 Å². The highest BCUT2D eigenvalue weighted by molar-refractivity contribution is 9.10. The first-order valence-electron chi connectivity index (χ1n) is 7.48. The zero-order valence-corrected chi connectivity index (χ0v) is 12.8. The predicted octanol–water partition coefficient (Wildman–Crippen LogP) is 3.53. The third kappa shape index (κ3) is 1.61. The third-order valence-electron chi connectivity index (χ3n) is 5.50. The highest BCUT2D eigenvalue weighted by atomic mass is 79.9. The summed E-state index contributed by atoms with van der Waals surface area (Å²) >= 11 is 3.51. The minimum atomic E-state index is 0.315. The largest absolute Gasteiger partial charge is 0.292 e. The average molecular weight is 323 g/mol. The summed E-state index contributed by atoms with van der Waals surface area (Å²) in [6.07, 6.45) is 6.91. The molecule has 0 N–H and O–H groups in total. The van der Waals surface area contributed by atoms with Gasteiger partial charge in [-0.3, -0.25) is 9.48 Å². The Morgan fingerprint density at radius 3 is 2.74 bits per heavy atom. The van der Waals surface area contributed by atoms with Gasteiger partial charge in [-0.15, -0.1) is 0 Å². The molecule has 4 heteroatoms. The molecular weight excluding hydrogens is 304 g/mol. The van der Waals surface area contributed by atoms with Crippen LogP contribution in [-0.4, -0.2) is 15.6 Å². The molecule has 1 heterocycles. The molecule has 0 amide bonds. The van der Waals surface area contributed by atoms with Gasteiger partial charge in [0.1, 0.15) is 5.69 Å². The van der Waals surface area contributed by atoms with Crippen LogP contribution in [-0.2, 0) is 6.54 Å². The Kier molecular flexibility index (Phi) is 2.66. The second-order valence-corrected chi connectivity index (χ2v) is 7.30. The van der Waals surface area contributed by atoms with Crippen LogP contribution in [0.25, 0.3) is 0 Å². The Hall–Kier alpha value is -0.640. The summed E-state index contributed by atoms with van der Waals surface area (Å²) in [5.74, 6) is 3.79. The topological polar surface area (TPSA) is 34.9 Å². The zero-order valence-electron chi connectivity index (χ0n) is 11.2. The number of carbonyl (C=O) groups excluding carboxylic acids is 1. The molecule has 0 spiro atoms. The molecule has 4 rings (SSSR count). The molecule has 3 saturated carbocycles. The summed E-state index contributed by atoms with van der Waals surface area (Å²) in [6, 6.07) is 0. The lowest BCUT2D eigenvalue weighted by Gasteiger charge is -2.10. The summed E-state index contributed by atoms with van der Waals surface area (Å²) < 4.78 is 2.77. The maximum atomic E-state index is 12.8. The van der Waals surface area contributed by atoms with E-state index in [0.29, 0.717) is 23.5 Å². The molecule has 3 aliphatic carbocycles. The van der Waals surface area contributed by atoms with E-state index in [1.807, 2.05) is 4.68 Å². The predicted molar refractivity (Wildman–Crippen MR) is 75.8 cm³/mol. The zero-order chi connectivity index (χ0) is 13.1. The van der Waals surface area contributed by atoms with Crippen LogP contribution in [0.15, 0.2) is 10.7 Å². The second kappa shape index (κ2) is 4.18. The maximum Gasteiger partial charge on any atom is 0.185 e. The number of ketones is 1. The van der Waals surface area contributed by atoms with Gasteiger partial charge < -0.3 is 0 Å². The summed E-state index contributed by atoms with van der Waals surface area (Å²) in [7, 11) is 0. The lowest BCUT2D eigenvalue weighted by Crippen LogP contribution is -2.16. The first-order valence-corrected chi connectivity index (χ1v) is 8.27. The lowest BCUT2D eigenvalue weighted by atomic mass is 9.98. The van der Waals surface area contributed by atoms with Crippen molar-refractivity contribution in [2.24, 2.45) is 29.6 Å². The maximum absolute atomic E-state index is 12.8. The van der Waals surface area contributed by atoms with Gasteiger partial charge in [0.05, 0.1) is 10.7 Å². The Morgan fingerprint density at radius 2 is 2.11 bits per heavy atom. The molecule has 3 fully saturated rings. The molecule has 1 aromatic heterocycles. The van der Waals surface area contributed by atoms with Crippen molar-refractivity contribution >= 4 is 21.7 Å². The van der Waals surface area contributed by atoms with Crippen molar-refractivity contribution in [3.05, 3.63) is 16.4 Å². The van der Waals surface area contributed by atoms with Crippen LogP contribution in [0.1, 0.15) is 43.1 Å². The van der Waals surface area contributed by atoms with E-state index >= 15 is 0 Å². The summed E-state index contributed by atoms with van der Waals surface area (Å²) in [6.45, 7) is 2.96. The molecule has 4 atom stereocenters. The van der Waals surface area contributed by atoms with Crippen molar-refractivity contribution in [1.82, 2.24) is 9.78 Å². The van der Waals surface area contributed by atoms with Crippen LogP contribution in [0.2, 0.25) is 0 Å². The van der Waals surface area contributed by atoms with Crippen molar-refractivity contribution in [2.75, 3.05) is 0 Å². The standard InChI is InChI=1S/C15H19BrN2O/c1-2-5-18-14(10(16)7-17-18)15(19)13-11-8-3-4-9(6-8)12(11)13/h7-9,11-13H,2-6H2,1H3. The van der Waals surface area contributed by atoms with E-state index in [0.717, 1.165) is 35.0 Å². The number of carbonyl (C=O) groups is 1. The van der Waals surface area contributed by atoms with Crippen molar-refractivity contribution in [2.45, 2.75) is 39.2 Å². The Morgan fingerprint density at radius 1 is 1.42 bits per heavy atom. The van der Waals surface area contributed by atoms with Crippen molar-refractivity contribution in [3.63, 3.8) is 0 Å². The number of halogens is 1. The van der Waals surface area contributed by atoms with E-state index in [4.69, 9.17) is 0 Å². The normalized spacial score (nSPS) is 38.5. The molecule has 2 bridgehead atoms. The van der Waals surface area contributed by atoms with E-state index < -0.39 is 0 Å². The van der Waals surface area contributed by atoms with Crippen LogP contribution < -0.4 is 0 Å². The first kappa shape index (κ1) is 12.1.